The second kappa shape index (κ2) is 9.43. The van der Waals surface area contributed by atoms with E-state index in [1.165, 1.54) is 5.56 Å². The first-order valence-corrected chi connectivity index (χ1v) is 10.9. The molecule has 2 aliphatic rings. The largest absolute Gasteiger partial charge is 0.381 e. The summed E-state index contributed by atoms with van der Waals surface area (Å²) in [5.41, 5.74) is 3.30. The molecule has 3 heterocycles. The first-order valence-electron chi connectivity index (χ1n) is 10.9. The molecule has 2 saturated heterocycles. The van der Waals surface area contributed by atoms with Crippen LogP contribution >= 0.6 is 0 Å². The number of carbonyl (C=O) groups excluding carboxylic acids is 1. The van der Waals surface area contributed by atoms with Gasteiger partial charge in [0.15, 0.2) is 0 Å². The van der Waals surface area contributed by atoms with Gasteiger partial charge in [-0.25, -0.2) is 4.98 Å². The average Bonchev–Trinajstić information content (AvgIpc) is 2.80. The van der Waals surface area contributed by atoms with Crippen LogP contribution in [-0.4, -0.2) is 55.3 Å². The molecule has 30 heavy (non-hydrogen) atoms. The standard InChI is InChI=1S/C23H31N5O2/c1-17(2)19-3-4-20(26-23(29)18-5-13-30-14-6-18)21(15-19)27-9-11-28(12-10-27)22-16-24-7-8-25-22/h3-4,7-8,15-18H,5-6,9-14H2,1-2H3,(H,26,29). The van der Waals surface area contributed by atoms with E-state index in [0.29, 0.717) is 19.1 Å². The summed E-state index contributed by atoms with van der Waals surface area (Å²) in [6, 6.07) is 6.43. The lowest BCUT2D eigenvalue weighted by atomic mass is 9.98. The van der Waals surface area contributed by atoms with E-state index in [-0.39, 0.29) is 11.8 Å². The first-order chi connectivity index (χ1) is 14.6. The molecule has 1 amide bonds. The minimum absolute atomic E-state index is 0.0323. The quantitative estimate of drug-likeness (QED) is 0.817. The lowest BCUT2D eigenvalue weighted by Crippen LogP contribution is -2.47. The van der Waals surface area contributed by atoms with Crippen LogP contribution in [-0.2, 0) is 9.53 Å². The van der Waals surface area contributed by atoms with Gasteiger partial charge in [-0.15, -0.1) is 0 Å². The van der Waals surface area contributed by atoms with Gasteiger partial charge in [-0.3, -0.25) is 9.78 Å². The van der Waals surface area contributed by atoms with E-state index < -0.39 is 0 Å². The van der Waals surface area contributed by atoms with Crippen LogP contribution < -0.4 is 15.1 Å². The highest BCUT2D eigenvalue weighted by molar-refractivity contribution is 5.96. The fourth-order valence-corrected chi connectivity index (χ4v) is 4.10. The van der Waals surface area contributed by atoms with Gasteiger partial charge in [0.1, 0.15) is 5.82 Å². The molecule has 0 unspecified atom stereocenters. The molecule has 160 valence electrons. The second-order valence-electron chi connectivity index (χ2n) is 8.34. The van der Waals surface area contributed by atoms with Crippen molar-refractivity contribution >= 4 is 23.1 Å². The number of rotatable bonds is 5. The molecular weight excluding hydrogens is 378 g/mol. The zero-order valence-electron chi connectivity index (χ0n) is 17.9. The Balaban J connectivity index is 1.50. The lowest BCUT2D eigenvalue weighted by molar-refractivity contribution is -0.122. The van der Waals surface area contributed by atoms with Crippen molar-refractivity contribution in [2.45, 2.75) is 32.6 Å². The highest BCUT2D eigenvalue weighted by Crippen LogP contribution is 2.32. The number of benzene rings is 1. The monoisotopic (exact) mass is 409 g/mol. The van der Waals surface area contributed by atoms with E-state index in [2.05, 4.69) is 57.1 Å². The number of hydrogen-bond donors (Lipinski definition) is 1. The molecule has 0 radical (unpaired) electrons. The number of carbonyl (C=O) groups is 1. The molecule has 7 nitrogen and oxygen atoms in total. The Morgan fingerprint density at radius 3 is 2.50 bits per heavy atom. The van der Waals surface area contributed by atoms with E-state index in [9.17, 15) is 4.79 Å². The Kier molecular flexibility index (Phi) is 6.47. The molecular formula is C23H31N5O2. The van der Waals surface area contributed by atoms with Crippen molar-refractivity contribution in [3.05, 3.63) is 42.4 Å². The van der Waals surface area contributed by atoms with Gasteiger partial charge in [-0.05, 0) is 36.5 Å². The van der Waals surface area contributed by atoms with Crippen LogP contribution in [0.4, 0.5) is 17.2 Å². The Morgan fingerprint density at radius 1 is 1.10 bits per heavy atom. The van der Waals surface area contributed by atoms with Crippen LogP contribution in [0.5, 0.6) is 0 Å². The fraction of sp³-hybridized carbons (Fsp3) is 0.522. The summed E-state index contributed by atoms with van der Waals surface area (Å²) in [6.45, 7) is 9.23. The third-order valence-electron chi connectivity index (χ3n) is 6.03. The SMILES string of the molecule is CC(C)c1ccc(NC(=O)C2CCOCC2)c(N2CCN(c3cnccn3)CC2)c1. The molecule has 2 aliphatic heterocycles. The average molecular weight is 410 g/mol. The van der Waals surface area contributed by atoms with Crippen molar-refractivity contribution in [2.24, 2.45) is 5.92 Å². The number of ether oxygens (including phenoxy) is 1. The molecule has 0 saturated carbocycles. The zero-order valence-corrected chi connectivity index (χ0v) is 17.9. The number of hydrogen-bond acceptors (Lipinski definition) is 6. The van der Waals surface area contributed by atoms with Gasteiger partial charge in [-0.2, -0.15) is 0 Å². The van der Waals surface area contributed by atoms with E-state index in [0.717, 1.165) is 56.2 Å². The van der Waals surface area contributed by atoms with Gasteiger partial charge in [-0.1, -0.05) is 19.9 Å². The molecule has 0 spiro atoms. The summed E-state index contributed by atoms with van der Waals surface area (Å²) in [5, 5.41) is 3.21. The highest BCUT2D eigenvalue weighted by atomic mass is 16.5. The third-order valence-corrected chi connectivity index (χ3v) is 6.03. The van der Waals surface area contributed by atoms with Crippen LogP contribution in [0.3, 0.4) is 0 Å². The minimum Gasteiger partial charge on any atom is -0.381 e. The van der Waals surface area contributed by atoms with Gasteiger partial charge < -0.3 is 19.9 Å². The van der Waals surface area contributed by atoms with E-state index in [1.54, 1.807) is 12.4 Å². The molecule has 1 aromatic carbocycles. The topological polar surface area (TPSA) is 70.6 Å². The van der Waals surface area contributed by atoms with Gasteiger partial charge in [0.25, 0.3) is 0 Å². The molecule has 0 aliphatic carbocycles. The number of nitrogens with one attached hydrogen (secondary N) is 1. The lowest BCUT2D eigenvalue weighted by Gasteiger charge is -2.37. The Labute approximate surface area is 178 Å². The van der Waals surface area contributed by atoms with Crippen molar-refractivity contribution in [1.29, 1.82) is 0 Å². The van der Waals surface area contributed by atoms with Gasteiger partial charge >= 0.3 is 0 Å². The predicted molar refractivity (Wildman–Crippen MR) is 119 cm³/mol. The smallest absolute Gasteiger partial charge is 0.227 e. The molecule has 2 fully saturated rings. The number of aromatic nitrogens is 2. The molecule has 4 rings (SSSR count). The highest BCUT2D eigenvalue weighted by Gasteiger charge is 2.25. The Hall–Kier alpha value is -2.67. The van der Waals surface area contributed by atoms with Gasteiger partial charge in [0.05, 0.1) is 17.6 Å². The third kappa shape index (κ3) is 4.73. The van der Waals surface area contributed by atoms with Crippen molar-refractivity contribution in [3.8, 4) is 0 Å². The van der Waals surface area contributed by atoms with Crippen LogP contribution in [0.1, 0.15) is 38.2 Å². The summed E-state index contributed by atoms with van der Waals surface area (Å²) in [4.78, 5) is 26.1. The summed E-state index contributed by atoms with van der Waals surface area (Å²) in [5.74, 6) is 1.49. The van der Waals surface area contributed by atoms with Crippen molar-refractivity contribution in [2.75, 3.05) is 54.5 Å². The van der Waals surface area contributed by atoms with Gasteiger partial charge in [0.2, 0.25) is 5.91 Å². The molecule has 7 heteroatoms. The van der Waals surface area contributed by atoms with Crippen molar-refractivity contribution < 1.29 is 9.53 Å². The second-order valence-corrected chi connectivity index (χ2v) is 8.34. The molecule has 0 bridgehead atoms. The number of piperazine rings is 1. The van der Waals surface area contributed by atoms with Crippen LogP contribution in [0.25, 0.3) is 0 Å². The predicted octanol–water partition coefficient (Wildman–Crippen LogP) is 3.29. The first kappa shape index (κ1) is 20.6. The van der Waals surface area contributed by atoms with Gasteiger partial charge in [0, 0.05) is 57.7 Å². The van der Waals surface area contributed by atoms with E-state index >= 15 is 0 Å². The van der Waals surface area contributed by atoms with Crippen molar-refractivity contribution in [3.63, 3.8) is 0 Å². The molecule has 1 N–H and O–H groups in total. The Morgan fingerprint density at radius 2 is 1.83 bits per heavy atom. The normalized spacial score (nSPS) is 18.0. The van der Waals surface area contributed by atoms with Crippen LogP contribution in [0.15, 0.2) is 36.8 Å². The summed E-state index contributed by atoms with van der Waals surface area (Å²) < 4.78 is 5.41. The molecule has 1 aromatic heterocycles. The maximum atomic E-state index is 12.8. The maximum Gasteiger partial charge on any atom is 0.227 e. The summed E-state index contributed by atoms with van der Waals surface area (Å²) in [7, 11) is 0. The molecule has 0 atom stereocenters. The van der Waals surface area contributed by atoms with E-state index in [4.69, 9.17) is 4.74 Å². The minimum atomic E-state index is 0.0323. The van der Waals surface area contributed by atoms with E-state index in [1.807, 2.05) is 6.20 Å². The number of anilines is 3. The molecule has 2 aromatic rings. The fourth-order valence-electron chi connectivity index (χ4n) is 4.10. The van der Waals surface area contributed by atoms with Crippen LogP contribution in [0.2, 0.25) is 0 Å². The maximum absolute atomic E-state index is 12.8. The number of nitrogens with zero attached hydrogens (tertiary/aromatic N) is 4. The Bertz CT molecular complexity index is 844. The van der Waals surface area contributed by atoms with Crippen LogP contribution in [0, 0.1) is 5.92 Å². The van der Waals surface area contributed by atoms with Crippen molar-refractivity contribution in [1.82, 2.24) is 9.97 Å². The zero-order chi connectivity index (χ0) is 20.9. The summed E-state index contributed by atoms with van der Waals surface area (Å²) in [6.07, 6.45) is 6.83. The number of amides is 1. The summed E-state index contributed by atoms with van der Waals surface area (Å²) >= 11 is 0.